The second-order valence-corrected chi connectivity index (χ2v) is 8.10. The Morgan fingerprint density at radius 3 is 2.74 bits per heavy atom. The quantitative estimate of drug-likeness (QED) is 0.460. The third-order valence-corrected chi connectivity index (χ3v) is 6.56. The van der Waals surface area contributed by atoms with Gasteiger partial charge in [0, 0.05) is 55.7 Å². The van der Waals surface area contributed by atoms with Gasteiger partial charge in [-0.25, -0.2) is 0 Å². The van der Waals surface area contributed by atoms with E-state index in [0.717, 1.165) is 54.4 Å². The molecule has 5 nitrogen and oxygen atoms in total. The van der Waals surface area contributed by atoms with Gasteiger partial charge in [-0.1, -0.05) is 6.42 Å². The highest BCUT2D eigenvalue weighted by molar-refractivity contribution is 6.19. The van der Waals surface area contributed by atoms with Gasteiger partial charge in [0.15, 0.2) is 5.75 Å². The Balaban J connectivity index is 1.93. The van der Waals surface area contributed by atoms with Crippen molar-refractivity contribution < 1.29 is 14.3 Å². The number of fused-ring (bicyclic) bond motifs is 3. The van der Waals surface area contributed by atoms with Crippen LogP contribution in [-0.4, -0.2) is 36.2 Å². The second-order valence-electron chi connectivity index (χ2n) is 7.80. The van der Waals surface area contributed by atoms with E-state index >= 15 is 0 Å². The fraction of sp³-hybridized carbons (Fsp3) is 0.571. The molecule has 1 aromatic carbocycles. The summed E-state index contributed by atoms with van der Waals surface area (Å²) in [6.07, 6.45) is 7.55. The molecule has 1 atom stereocenters. The summed E-state index contributed by atoms with van der Waals surface area (Å²) in [6.45, 7) is 4.35. The molecule has 0 radical (unpaired) electrons. The first-order valence-electron chi connectivity index (χ1n) is 9.72. The maximum Gasteiger partial charge on any atom is 0.308 e. The van der Waals surface area contributed by atoms with Crippen molar-refractivity contribution in [2.75, 3.05) is 24.4 Å². The van der Waals surface area contributed by atoms with E-state index in [1.807, 2.05) is 19.4 Å². The van der Waals surface area contributed by atoms with Crippen molar-refractivity contribution in [2.24, 2.45) is 0 Å². The van der Waals surface area contributed by atoms with Crippen LogP contribution in [0.1, 0.15) is 56.1 Å². The van der Waals surface area contributed by atoms with Gasteiger partial charge >= 0.3 is 5.97 Å². The molecule has 2 heterocycles. The number of aryl methyl sites for hydroxylation is 1. The summed E-state index contributed by atoms with van der Waals surface area (Å²) in [5.41, 5.74) is 4.04. The van der Waals surface area contributed by atoms with Crippen molar-refractivity contribution in [3.8, 4) is 5.75 Å². The number of H-pyrrole nitrogens is 1. The summed E-state index contributed by atoms with van der Waals surface area (Å²) in [5.74, 6) is 1.03. The predicted molar refractivity (Wildman–Crippen MR) is 108 cm³/mol. The molecule has 0 saturated heterocycles. The van der Waals surface area contributed by atoms with Crippen molar-refractivity contribution >= 4 is 34.2 Å². The summed E-state index contributed by atoms with van der Waals surface area (Å²) in [4.78, 5) is 17.4. The van der Waals surface area contributed by atoms with Gasteiger partial charge in [0.05, 0.1) is 5.52 Å². The van der Waals surface area contributed by atoms with Gasteiger partial charge in [-0.05, 0) is 43.7 Å². The summed E-state index contributed by atoms with van der Waals surface area (Å²) >= 11 is 6.41. The van der Waals surface area contributed by atoms with Crippen LogP contribution in [0, 0.1) is 6.92 Å². The minimum atomic E-state index is -0.318. The van der Waals surface area contributed by atoms with Crippen LogP contribution in [0.5, 0.6) is 5.75 Å². The Morgan fingerprint density at radius 1 is 1.37 bits per heavy atom. The number of nitrogens with zero attached hydrogens (tertiary/aromatic N) is 1. The number of ether oxygens (including phenoxy) is 2. The molecule has 6 heteroatoms. The molecule has 4 rings (SSSR count). The van der Waals surface area contributed by atoms with E-state index in [4.69, 9.17) is 21.1 Å². The van der Waals surface area contributed by atoms with Crippen molar-refractivity contribution in [1.29, 1.82) is 0 Å². The lowest BCUT2D eigenvalue weighted by molar-refractivity contribution is -0.131. The minimum Gasteiger partial charge on any atom is -0.424 e. The van der Waals surface area contributed by atoms with E-state index in [9.17, 15) is 4.79 Å². The Hall–Kier alpha value is -1.72. The topological polar surface area (TPSA) is 54.6 Å². The van der Waals surface area contributed by atoms with E-state index in [1.54, 1.807) is 0 Å². The third-order valence-electron chi connectivity index (χ3n) is 6.19. The van der Waals surface area contributed by atoms with Crippen LogP contribution in [0.15, 0.2) is 12.3 Å². The summed E-state index contributed by atoms with van der Waals surface area (Å²) in [7, 11) is 1.81. The molecule has 1 N–H and O–H groups in total. The van der Waals surface area contributed by atoms with Gasteiger partial charge in [0.2, 0.25) is 0 Å². The largest absolute Gasteiger partial charge is 0.424 e. The van der Waals surface area contributed by atoms with Gasteiger partial charge in [0.25, 0.3) is 0 Å². The van der Waals surface area contributed by atoms with Crippen molar-refractivity contribution in [3.05, 3.63) is 23.4 Å². The number of rotatable bonds is 4. The molecule has 146 valence electrons. The molecule has 27 heavy (non-hydrogen) atoms. The van der Waals surface area contributed by atoms with E-state index in [-0.39, 0.29) is 17.6 Å². The molecule has 1 aliphatic heterocycles. The highest BCUT2D eigenvalue weighted by atomic mass is 35.5. The average Bonchev–Trinajstić information content (AvgIpc) is 3.23. The average molecular weight is 391 g/mol. The molecular formula is C21H27ClN2O3. The highest BCUT2D eigenvalue weighted by Gasteiger charge is 2.45. The summed E-state index contributed by atoms with van der Waals surface area (Å²) in [5, 5.41) is 1.12. The highest BCUT2D eigenvalue weighted by Crippen LogP contribution is 2.51. The molecule has 1 aromatic heterocycles. The fourth-order valence-corrected chi connectivity index (χ4v) is 5.20. The molecule has 1 saturated carbocycles. The Bertz CT molecular complexity index is 870. The number of nitrogens with one attached hydrogen (secondary N) is 1. The molecular weight excluding hydrogens is 364 g/mol. The first kappa shape index (κ1) is 18.6. The van der Waals surface area contributed by atoms with Crippen LogP contribution in [0.25, 0.3) is 10.9 Å². The molecule has 0 spiro atoms. The second kappa shape index (κ2) is 7.02. The van der Waals surface area contributed by atoms with E-state index in [1.165, 1.54) is 18.9 Å². The minimum absolute atomic E-state index is 0.221. The Morgan fingerprint density at radius 2 is 2.11 bits per heavy atom. The molecule has 0 amide bonds. The normalized spacial score (nSPS) is 21.5. The van der Waals surface area contributed by atoms with E-state index < -0.39 is 0 Å². The van der Waals surface area contributed by atoms with Crippen LogP contribution in [0.2, 0.25) is 0 Å². The first-order valence-corrected chi connectivity index (χ1v) is 10.3. The maximum atomic E-state index is 11.7. The standard InChI is InChI=1S/C21H27ClN2O3/c1-13-11-23-20-17(27-14(2)25)9-16-19(18(13)20)15(10-22)12-24(16)21(26-3)7-5-4-6-8-21/h9,11,15,23H,4-8,10,12H2,1-3H3/t15-/m1/s1. The van der Waals surface area contributed by atoms with Crippen molar-refractivity contribution in [3.63, 3.8) is 0 Å². The molecule has 2 aliphatic rings. The SMILES string of the molecule is COC1(N2C[C@@H](CCl)c3c2cc(OC(C)=O)c2[nH]cc(C)c32)CCCCC1. The third kappa shape index (κ3) is 2.92. The number of esters is 1. The summed E-state index contributed by atoms with van der Waals surface area (Å²) in [6, 6.07) is 2.00. The van der Waals surface area contributed by atoms with Gasteiger partial charge in [-0.2, -0.15) is 0 Å². The number of carbonyl (C=O) groups is 1. The number of benzene rings is 1. The van der Waals surface area contributed by atoms with Gasteiger partial charge in [0.1, 0.15) is 5.72 Å². The van der Waals surface area contributed by atoms with Crippen LogP contribution >= 0.6 is 11.6 Å². The van der Waals surface area contributed by atoms with Crippen LogP contribution in [0.4, 0.5) is 5.69 Å². The molecule has 0 bridgehead atoms. The lowest BCUT2D eigenvalue weighted by Crippen LogP contribution is -2.51. The number of carbonyl (C=O) groups excluding carboxylic acids is 1. The maximum absolute atomic E-state index is 11.7. The first-order chi connectivity index (χ1) is 13.0. The zero-order valence-electron chi connectivity index (χ0n) is 16.2. The zero-order valence-corrected chi connectivity index (χ0v) is 17.0. The predicted octanol–water partition coefficient (Wildman–Crippen LogP) is 4.85. The van der Waals surface area contributed by atoms with E-state index in [2.05, 4.69) is 16.8 Å². The van der Waals surface area contributed by atoms with Crippen LogP contribution in [0.3, 0.4) is 0 Å². The molecule has 2 aromatic rings. The van der Waals surface area contributed by atoms with Crippen molar-refractivity contribution in [2.45, 2.75) is 57.6 Å². The number of hydrogen-bond donors (Lipinski definition) is 1. The Kier molecular flexibility index (Phi) is 4.85. The smallest absolute Gasteiger partial charge is 0.308 e. The van der Waals surface area contributed by atoms with Crippen LogP contribution < -0.4 is 9.64 Å². The van der Waals surface area contributed by atoms with Gasteiger partial charge in [-0.15, -0.1) is 11.6 Å². The molecule has 1 aliphatic carbocycles. The number of alkyl halides is 1. The number of methoxy groups -OCH3 is 1. The van der Waals surface area contributed by atoms with E-state index in [0.29, 0.717) is 11.6 Å². The lowest BCUT2D eigenvalue weighted by Gasteiger charge is -2.45. The number of aromatic amines is 1. The fourth-order valence-electron chi connectivity index (χ4n) is 4.95. The number of halogens is 1. The number of hydrogen-bond acceptors (Lipinski definition) is 4. The Labute approximate surface area is 165 Å². The molecule has 0 unspecified atom stereocenters. The van der Waals surface area contributed by atoms with Crippen LogP contribution in [-0.2, 0) is 9.53 Å². The zero-order chi connectivity index (χ0) is 19.2. The number of anilines is 1. The van der Waals surface area contributed by atoms with Gasteiger partial charge < -0.3 is 19.4 Å². The summed E-state index contributed by atoms with van der Waals surface area (Å²) < 4.78 is 11.7. The number of aromatic nitrogens is 1. The van der Waals surface area contributed by atoms with Gasteiger partial charge in [-0.3, -0.25) is 4.79 Å². The monoisotopic (exact) mass is 390 g/mol. The lowest BCUT2D eigenvalue weighted by atomic mass is 9.90. The van der Waals surface area contributed by atoms with Crippen molar-refractivity contribution in [1.82, 2.24) is 4.98 Å². The molecule has 1 fully saturated rings.